The fourth-order valence-electron chi connectivity index (χ4n) is 3.07. The summed E-state index contributed by atoms with van der Waals surface area (Å²) in [5.74, 6) is 2.79. The second kappa shape index (κ2) is 9.72. The molecule has 3 rings (SSSR count). The van der Waals surface area contributed by atoms with E-state index < -0.39 is 0 Å². The second-order valence-electron chi connectivity index (χ2n) is 6.98. The number of ether oxygens (including phenoxy) is 1. The molecule has 0 radical (unpaired) electrons. The molecule has 2 aliphatic carbocycles. The zero-order chi connectivity index (χ0) is 16.5. The topological polar surface area (TPSA) is 58.8 Å². The number of hydrogen-bond donors (Lipinski definition) is 2. The molecule has 1 heterocycles. The number of aliphatic imine (C=N–C) groups is 1. The third-order valence-corrected chi connectivity index (χ3v) is 4.71. The molecule has 134 valence electrons. The van der Waals surface area contributed by atoms with Crippen molar-refractivity contribution in [3.8, 4) is 0 Å². The van der Waals surface area contributed by atoms with Crippen LogP contribution in [0.15, 0.2) is 27.8 Å². The maximum absolute atomic E-state index is 5.68. The molecule has 5 heteroatoms. The number of furan rings is 1. The van der Waals surface area contributed by atoms with Crippen molar-refractivity contribution >= 4 is 5.96 Å². The van der Waals surface area contributed by atoms with Crippen molar-refractivity contribution in [2.45, 2.75) is 57.4 Å². The second-order valence-corrected chi connectivity index (χ2v) is 6.98. The van der Waals surface area contributed by atoms with Gasteiger partial charge < -0.3 is 19.8 Å². The van der Waals surface area contributed by atoms with Crippen LogP contribution in [0.5, 0.6) is 0 Å². The molecular formula is C19H31N3O2. The van der Waals surface area contributed by atoms with Crippen molar-refractivity contribution in [2.24, 2.45) is 10.9 Å². The van der Waals surface area contributed by atoms with Crippen LogP contribution in [-0.4, -0.2) is 38.3 Å². The van der Waals surface area contributed by atoms with Gasteiger partial charge >= 0.3 is 0 Å². The number of nitrogens with one attached hydrogen (secondary N) is 2. The van der Waals surface area contributed by atoms with Gasteiger partial charge in [-0.25, -0.2) is 0 Å². The maximum Gasteiger partial charge on any atom is 0.191 e. The smallest absolute Gasteiger partial charge is 0.191 e. The van der Waals surface area contributed by atoms with Gasteiger partial charge in [-0.2, -0.15) is 0 Å². The SMILES string of the molecule is c1coc(CCNC(=NCCCOCC2CC2)NC2CCCC2)c1. The first kappa shape index (κ1) is 17.3. The van der Waals surface area contributed by atoms with E-state index in [9.17, 15) is 0 Å². The van der Waals surface area contributed by atoms with Crippen LogP contribution in [0.4, 0.5) is 0 Å². The third kappa shape index (κ3) is 6.56. The molecule has 0 spiro atoms. The average Bonchev–Trinajstić information content (AvgIpc) is 3.04. The van der Waals surface area contributed by atoms with E-state index in [0.717, 1.165) is 56.8 Å². The fraction of sp³-hybridized carbons (Fsp3) is 0.737. The van der Waals surface area contributed by atoms with Crippen molar-refractivity contribution in [1.29, 1.82) is 0 Å². The Bertz CT molecular complexity index is 477. The molecule has 0 atom stereocenters. The lowest BCUT2D eigenvalue weighted by molar-refractivity contribution is 0.123. The van der Waals surface area contributed by atoms with Gasteiger partial charge in [0.1, 0.15) is 5.76 Å². The molecule has 0 aromatic carbocycles. The molecule has 0 bridgehead atoms. The minimum absolute atomic E-state index is 0.575. The van der Waals surface area contributed by atoms with E-state index in [1.165, 1.54) is 38.5 Å². The van der Waals surface area contributed by atoms with Crippen LogP contribution >= 0.6 is 0 Å². The van der Waals surface area contributed by atoms with Gasteiger partial charge in [-0.3, -0.25) is 4.99 Å². The molecule has 5 nitrogen and oxygen atoms in total. The normalized spacial score (nSPS) is 18.9. The Hall–Kier alpha value is -1.49. The van der Waals surface area contributed by atoms with Gasteiger partial charge in [0.05, 0.1) is 6.26 Å². The van der Waals surface area contributed by atoms with Crippen LogP contribution in [0, 0.1) is 5.92 Å². The predicted octanol–water partition coefficient (Wildman–Crippen LogP) is 3.12. The highest BCUT2D eigenvalue weighted by atomic mass is 16.5. The maximum atomic E-state index is 5.68. The Balaban J connectivity index is 1.36. The first-order valence-electron chi connectivity index (χ1n) is 9.55. The van der Waals surface area contributed by atoms with E-state index in [2.05, 4.69) is 10.6 Å². The molecule has 2 fully saturated rings. The molecule has 1 aromatic rings. The van der Waals surface area contributed by atoms with Crippen molar-refractivity contribution in [3.05, 3.63) is 24.2 Å². The van der Waals surface area contributed by atoms with Gasteiger partial charge in [0.25, 0.3) is 0 Å². The van der Waals surface area contributed by atoms with Gasteiger partial charge in [-0.1, -0.05) is 12.8 Å². The van der Waals surface area contributed by atoms with E-state index in [4.69, 9.17) is 14.1 Å². The largest absolute Gasteiger partial charge is 0.469 e. The summed E-state index contributed by atoms with van der Waals surface area (Å²) in [5, 5.41) is 7.02. The van der Waals surface area contributed by atoms with Crippen molar-refractivity contribution in [1.82, 2.24) is 10.6 Å². The zero-order valence-electron chi connectivity index (χ0n) is 14.6. The van der Waals surface area contributed by atoms with Gasteiger partial charge in [0, 0.05) is 38.8 Å². The van der Waals surface area contributed by atoms with Crippen molar-refractivity contribution in [3.63, 3.8) is 0 Å². The fourth-order valence-corrected chi connectivity index (χ4v) is 3.07. The molecule has 2 saturated carbocycles. The summed E-state index contributed by atoms with van der Waals surface area (Å²) in [6.45, 7) is 3.42. The lowest BCUT2D eigenvalue weighted by Crippen LogP contribution is -2.43. The minimum Gasteiger partial charge on any atom is -0.469 e. The van der Waals surface area contributed by atoms with E-state index >= 15 is 0 Å². The molecular weight excluding hydrogens is 302 g/mol. The Kier molecular flexibility index (Phi) is 7.02. The van der Waals surface area contributed by atoms with Crippen LogP contribution < -0.4 is 10.6 Å². The van der Waals surface area contributed by atoms with Crippen LogP contribution in [0.25, 0.3) is 0 Å². The molecule has 2 N–H and O–H groups in total. The Morgan fingerprint density at radius 1 is 1.25 bits per heavy atom. The number of nitrogens with zero attached hydrogens (tertiary/aromatic N) is 1. The molecule has 0 aliphatic heterocycles. The molecule has 2 aliphatic rings. The highest BCUT2D eigenvalue weighted by molar-refractivity contribution is 5.80. The van der Waals surface area contributed by atoms with Crippen molar-refractivity contribution in [2.75, 3.05) is 26.3 Å². The Morgan fingerprint density at radius 3 is 2.88 bits per heavy atom. The first-order chi connectivity index (χ1) is 11.9. The van der Waals surface area contributed by atoms with E-state index in [0.29, 0.717) is 6.04 Å². The van der Waals surface area contributed by atoms with Crippen molar-refractivity contribution < 1.29 is 9.15 Å². The molecule has 24 heavy (non-hydrogen) atoms. The van der Waals surface area contributed by atoms with Gasteiger partial charge in [0.2, 0.25) is 0 Å². The summed E-state index contributed by atoms with van der Waals surface area (Å²) in [6.07, 6.45) is 11.5. The molecule has 0 unspecified atom stereocenters. The highest BCUT2D eigenvalue weighted by Crippen LogP contribution is 2.28. The summed E-state index contributed by atoms with van der Waals surface area (Å²) < 4.78 is 11.1. The number of hydrogen-bond acceptors (Lipinski definition) is 3. The summed E-state index contributed by atoms with van der Waals surface area (Å²) in [5.41, 5.74) is 0. The lowest BCUT2D eigenvalue weighted by atomic mass is 10.2. The number of rotatable bonds is 10. The van der Waals surface area contributed by atoms with E-state index in [1.807, 2.05) is 12.1 Å². The van der Waals surface area contributed by atoms with Gasteiger partial charge in [-0.05, 0) is 50.2 Å². The van der Waals surface area contributed by atoms with E-state index in [1.54, 1.807) is 6.26 Å². The zero-order valence-corrected chi connectivity index (χ0v) is 14.6. The van der Waals surface area contributed by atoms with Gasteiger partial charge in [0.15, 0.2) is 5.96 Å². The van der Waals surface area contributed by atoms with Crippen LogP contribution in [0.1, 0.15) is 50.7 Å². The lowest BCUT2D eigenvalue weighted by Gasteiger charge is -2.17. The standard InChI is InChI=1S/C19H31N3O2/c1-2-6-17(5-1)22-19(21-12-10-18-7-3-14-24-18)20-11-4-13-23-15-16-8-9-16/h3,7,14,16-17H,1-2,4-6,8-13,15H2,(H2,20,21,22). The predicted molar refractivity (Wildman–Crippen MR) is 96.3 cm³/mol. The number of guanidine groups is 1. The summed E-state index contributed by atoms with van der Waals surface area (Å²) in [7, 11) is 0. The van der Waals surface area contributed by atoms with Crippen LogP contribution in [0.3, 0.4) is 0 Å². The molecule has 0 saturated heterocycles. The Morgan fingerprint density at radius 2 is 2.12 bits per heavy atom. The molecule has 0 amide bonds. The van der Waals surface area contributed by atoms with E-state index in [-0.39, 0.29) is 0 Å². The summed E-state index contributed by atoms with van der Waals surface area (Å²) in [6, 6.07) is 4.52. The third-order valence-electron chi connectivity index (χ3n) is 4.71. The Labute approximate surface area is 145 Å². The summed E-state index contributed by atoms with van der Waals surface area (Å²) >= 11 is 0. The van der Waals surface area contributed by atoms with Gasteiger partial charge in [-0.15, -0.1) is 0 Å². The monoisotopic (exact) mass is 333 g/mol. The highest BCUT2D eigenvalue weighted by Gasteiger charge is 2.20. The molecule has 1 aromatic heterocycles. The first-order valence-corrected chi connectivity index (χ1v) is 9.55. The quantitative estimate of drug-likeness (QED) is 0.392. The average molecular weight is 333 g/mol. The summed E-state index contributed by atoms with van der Waals surface area (Å²) in [4.78, 5) is 4.72. The van der Waals surface area contributed by atoms with Crippen LogP contribution in [0.2, 0.25) is 0 Å². The van der Waals surface area contributed by atoms with Crippen LogP contribution in [-0.2, 0) is 11.2 Å². The minimum atomic E-state index is 0.575.